The molecule has 1 aliphatic heterocycles. The standard InChI is InChI=1S/C27H32N2O2S/c1-28(26(30)23-11-14-32-18-23)25(17-19-5-3-2-4-6-19)21-9-12-29(13-10-21)27(31)24-16-20-7-8-22(24)15-20/h2-8,11,14,18,20-22,24-25H,9-10,12-13,15-17H2,1H3/t20-,22+,24+,25?/m0/s1. The number of thiophene rings is 1. The summed E-state index contributed by atoms with van der Waals surface area (Å²) in [5.41, 5.74) is 2.03. The van der Waals surface area contributed by atoms with E-state index in [1.165, 1.54) is 12.0 Å². The minimum atomic E-state index is 0.0967. The van der Waals surface area contributed by atoms with Gasteiger partial charge in [-0.1, -0.05) is 42.5 Å². The molecule has 1 saturated heterocycles. The minimum absolute atomic E-state index is 0.0967. The first-order chi connectivity index (χ1) is 15.6. The van der Waals surface area contributed by atoms with Gasteiger partial charge in [-0.3, -0.25) is 9.59 Å². The van der Waals surface area contributed by atoms with Crippen molar-refractivity contribution in [2.24, 2.45) is 23.7 Å². The van der Waals surface area contributed by atoms with E-state index in [9.17, 15) is 9.59 Å². The summed E-state index contributed by atoms with van der Waals surface area (Å²) < 4.78 is 0. The largest absolute Gasteiger partial charge is 0.342 e. The molecule has 2 fully saturated rings. The first kappa shape index (κ1) is 21.4. The van der Waals surface area contributed by atoms with Crippen molar-refractivity contribution in [3.8, 4) is 0 Å². The molecule has 1 saturated carbocycles. The third-order valence-corrected chi connectivity index (χ3v) is 8.55. The van der Waals surface area contributed by atoms with Crippen molar-refractivity contribution >= 4 is 23.2 Å². The monoisotopic (exact) mass is 448 g/mol. The van der Waals surface area contributed by atoms with E-state index in [1.807, 2.05) is 34.8 Å². The van der Waals surface area contributed by atoms with Crippen LogP contribution in [0.5, 0.6) is 0 Å². The van der Waals surface area contributed by atoms with Gasteiger partial charge in [0, 0.05) is 37.5 Å². The van der Waals surface area contributed by atoms with Gasteiger partial charge >= 0.3 is 0 Å². The molecular formula is C27H32N2O2S. The highest BCUT2D eigenvalue weighted by atomic mass is 32.1. The maximum Gasteiger partial charge on any atom is 0.254 e. The van der Waals surface area contributed by atoms with Crippen LogP contribution in [0.4, 0.5) is 0 Å². The Balaban J connectivity index is 1.27. The first-order valence-electron chi connectivity index (χ1n) is 11.9. The van der Waals surface area contributed by atoms with Crippen LogP contribution in [0.2, 0.25) is 0 Å². The number of nitrogens with zero attached hydrogens (tertiary/aromatic N) is 2. The lowest BCUT2D eigenvalue weighted by Crippen LogP contribution is -2.49. The van der Waals surface area contributed by atoms with Crippen LogP contribution in [0.3, 0.4) is 0 Å². The molecule has 1 unspecified atom stereocenters. The second kappa shape index (κ2) is 9.22. The van der Waals surface area contributed by atoms with Gasteiger partial charge < -0.3 is 9.80 Å². The maximum absolute atomic E-state index is 13.2. The predicted molar refractivity (Wildman–Crippen MR) is 128 cm³/mol. The molecule has 2 aliphatic carbocycles. The van der Waals surface area contributed by atoms with Crippen molar-refractivity contribution in [3.05, 3.63) is 70.4 Å². The lowest BCUT2D eigenvalue weighted by Gasteiger charge is -2.41. The average molecular weight is 449 g/mol. The summed E-state index contributed by atoms with van der Waals surface area (Å²) in [6.45, 7) is 1.62. The van der Waals surface area contributed by atoms with Gasteiger partial charge in [0.25, 0.3) is 5.91 Å². The van der Waals surface area contributed by atoms with Crippen LogP contribution in [0, 0.1) is 23.7 Å². The highest BCUT2D eigenvalue weighted by Crippen LogP contribution is 2.44. The Hall–Kier alpha value is -2.40. The van der Waals surface area contributed by atoms with Gasteiger partial charge in [-0.15, -0.1) is 0 Å². The fourth-order valence-electron chi connectivity index (χ4n) is 6.02. The zero-order chi connectivity index (χ0) is 22.1. The van der Waals surface area contributed by atoms with Crippen molar-refractivity contribution in [2.75, 3.05) is 20.1 Å². The van der Waals surface area contributed by atoms with Gasteiger partial charge in [0.15, 0.2) is 0 Å². The molecule has 1 aromatic carbocycles. The van der Waals surface area contributed by atoms with Gasteiger partial charge in [-0.2, -0.15) is 11.3 Å². The minimum Gasteiger partial charge on any atom is -0.342 e. The number of amides is 2. The Labute approximate surface area is 194 Å². The Morgan fingerprint density at radius 2 is 1.88 bits per heavy atom. The quantitative estimate of drug-likeness (QED) is 0.591. The molecule has 1 aromatic heterocycles. The van der Waals surface area contributed by atoms with Crippen LogP contribution < -0.4 is 0 Å². The molecule has 2 heterocycles. The number of allylic oxidation sites excluding steroid dienone is 2. The lowest BCUT2D eigenvalue weighted by molar-refractivity contribution is -0.138. The van der Waals surface area contributed by atoms with E-state index < -0.39 is 0 Å². The van der Waals surface area contributed by atoms with Crippen molar-refractivity contribution in [2.45, 2.75) is 38.1 Å². The van der Waals surface area contributed by atoms with Crippen molar-refractivity contribution < 1.29 is 9.59 Å². The van der Waals surface area contributed by atoms with Crippen LogP contribution >= 0.6 is 11.3 Å². The Morgan fingerprint density at radius 3 is 2.50 bits per heavy atom. The molecule has 2 bridgehead atoms. The molecule has 2 aromatic rings. The van der Waals surface area contributed by atoms with Crippen LogP contribution in [0.25, 0.3) is 0 Å². The van der Waals surface area contributed by atoms with Gasteiger partial charge in [0.05, 0.1) is 5.56 Å². The van der Waals surface area contributed by atoms with Crippen LogP contribution in [-0.4, -0.2) is 47.8 Å². The SMILES string of the molecule is CN(C(=O)c1ccsc1)C(Cc1ccccc1)C1CCN(C(=O)[C@@H]2C[C@H]3C=C[C@@H]2C3)CC1. The van der Waals surface area contributed by atoms with Gasteiger partial charge in [-0.05, 0) is 66.9 Å². The van der Waals surface area contributed by atoms with E-state index in [0.717, 1.165) is 44.3 Å². The molecule has 0 N–H and O–H groups in total. The predicted octanol–water partition coefficient (Wildman–Crippen LogP) is 4.88. The van der Waals surface area contributed by atoms with E-state index in [2.05, 4.69) is 41.3 Å². The van der Waals surface area contributed by atoms with Gasteiger partial charge in [0.1, 0.15) is 0 Å². The number of piperidine rings is 1. The van der Waals surface area contributed by atoms with E-state index >= 15 is 0 Å². The molecule has 4 atom stereocenters. The van der Waals surface area contributed by atoms with Crippen molar-refractivity contribution in [1.29, 1.82) is 0 Å². The highest BCUT2D eigenvalue weighted by molar-refractivity contribution is 7.08. The van der Waals surface area contributed by atoms with Crippen LogP contribution in [0.1, 0.15) is 41.6 Å². The number of rotatable bonds is 6. The summed E-state index contributed by atoms with van der Waals surface area (Å²) in [6, 6.07) is 12.5. The number of hydrogen-bond donors (Lipinski definition) is 0. The van der Waals surface area contributed by atoms with Crippen molar-refractivity contribution in [1.82, 2.24) is 9.80 Å². The molecule has 2 amide bonds. The third kappa shape index (κ3) is 4.27. The first-order valence-corrected chi connectivity index (χ1v) is 12.8. The summed E-state index contributed by atoms with van der Waals surface area (Å²) in [4.78, 5) is 30.4. The number of benzene rings is 1. The highest BCUT2D eigenvalue weighted by Gasteiger charge is 2.42. The molecule has 3 aliphatic rings. The summed E-state index contributed by atoms with van der Waals surface area (Å²) >= 11 is 1.56. The molecule has 5 rings (SSSR count). The maximum atomic E-state index is 13.2. The molecule has 4 nitrogen and oxygen atoms in total. The van der Waals surface area contributed by atoms with Gasteiger partial charge in [0.2, 0.25) is 5.91 Å². The second-order valence-electron chi connectivity index (χ2n) is 9.73. The van der Waals surface area contributed by atoms with Gasteiger partial charge in [-0.25, -0.2) is 0 Å². The smallest absolute Gasteiger partial charge is 0.254 e. The second-order valence-corrected chi connectivity index (χ2v) is 10.5. The topological polar surface area (TPSA) is 40.6 Å². The van der Waals surface area contributed by atoms with E-state index in [-0.39, 0.29) is 17.9 Å². The Morgan fingerprint density at radius 1 is 1.09 bits per heavy atom. The molecule has 168 valence electrons. The fourth-order valence-corrected chi connectivity index (χ4v) is 6.65. The Bertz CT molecular complexity index is 963. The van der Waals surface area contributed by atoms with Crippen LogP contribution in [0.15, 0.2) is 59.3 Å². The summed E-state index contributed by atoms with van der Waals surface area (Å²) in [7, 11) is 1.95. The van der Waals surface area contributed by atoms with Crippen LogP contribution in [-0.2, 0) is 11.2 Å². The number of hydrogen-bond acceptors (Lipinski definition) is 3. The summed E-state index contributed by atoms with van der Waals surface area (Å²) in [6.07, 6.45) is 9.54. The molecule has 32 heavy (non-hydrogen) atoms. The number of carbonyl (C=O) groups excluding carboxylic acids is 2. The van der Waals surface area contributed by atoms with E-state index in [0.29, 0.717) is 23.7 Å². The number of fused-ring (bicyclic) bond motifs is 2. The number of likely N-dealkylation sites (N-methyl/N-ethyl adjacent to an activating group) is 1. The summed E-state index contributed by atoms with van der Waals surface area (Å²) in [5.74, 6) is 2.14. The van der Waals surface area contributed by atoms with E-state index in [1.54, 1.807) is 11.3 Å². The molecule has 0 radical (unpaired) electrons. The molecule has 0 spiro atoms. The fraction of sp³-hybridized carbons (Fsp3) is 0.481. The zero-order valence-electron chi connectivity index (χ0n) is 18.7. The Kier molecular flexibility index (Phi) is 6.18. The molecular weight excluding hydrogens is 416 g/mol. The number of carbonyl (C=O) groups is 2. The zero-order valence-corrected chi connectivity index (χ0v) is 19.5. The number of likely N-dealkylation sites (tertiary alicyclic amines) is 1. The van der Waals surface area contributed by atoms with Crippen molar-refractivity contribution in [3.63, 3.8) is 0 Å². The normalized spacial score (nSPS) is 25.8. The lowest BCUT2D eigenvalue weighted by atomic mass is 9.84. The summed E-state index contributed by atoms with van der Waals surface area (Å²) in [5, 5.41) is 3.89. The van der Waals surface area contributed by atoms with E-state index in [4.69, 9.17) is 0 Å². The molecule has 5 heteroatoms. The average Bonchev–Trinajstić information content (AvgIpc) is 3.61. The third-order valence-electron chi connectivity index (χ3n) is 7.87.